The predicted molar refractivity (Wildman–Crippen MR) is 107 cm³/mol. The Kier molecular flexibility index (Phi) is 4.81. The summed E-state index contributed by atoms with van der Waals surface area (Å²) in [4.78, 5) is 29.3. The minimum Gasteiger partial charge on any atom is -0.465 e. The molecule has 0 saturated heterocycles. The van der Waals surface area contributed by atoms with Gasteiger partial charge in [0.05, 0.1) is 29.1 Å². The van der Waals surface area contributed by atoms with Crippen molar-refractivity contribution in [3.63, 3.8) is 0 Å². The van der Waals surface area contributed by atoms with Crippen molar-refractivity contribution in [3.05, 3.63) is 64.1 Å². The number of rotatable bonds is 3. The first-order chi connectivity index (χ1) is 13.5. The van der Waals surface area contributed by atoms with Crippen LogP contribution in [-0.4, -0.2) is 28.4 Å². The van der Waals surface area contributed by atoms with Gasteiger partial charge < -0.3 is 14.5 Å². The summed E-state index contributed by atoms with van der Waals surface area (Å²) in [6.45, 7) is 2.04. The molecule has 28 heavy (non-hydrogen) atoms. The zero-order valence-corrected chi connectivity index (χ0v) is 16.4. The SMILES string of the molecule is COC(=O)c1ccc(Cl)c(NC(=O)C2CCc3nc4ccc(C)cn4c3C2)c1. The van der Waals surface area contributed by atoms with Crippen molar-refractivity contribution in [1.29, 1.82) is 0 Å². The third-order valence-electron chi connectivity index (χ3n) is 5.13. The number of carbonyl (C=O) groups excluding carboxylic acids is 2. The molecule has 1 unspecified atom stereocenters. The quantitative estimate of drug-likeness (QED) is 0.682. The van der Waals surface area contributed by atoms with Crippen LogP contribution in [-0.2, 0) is 22.4 Å². The highest BCUT2D eigenvalue weighted by Crippen LogP contribution is 2.29. The van der Waals surface area contributed by atoms with E-state index < -0.39 is 5.97 Å². The van der Waals surface area contributed by atoms with Gasteiger partial charge in [-0.15, -0.1) is 0 Å². The molecule has 1 amide bonds. The van der Waals surface area contributed by atoms with E-state index in [4.69, 9.17) is 16.3 Å². The molecule has 4 rings (SSSR count). The number of aromatic nitrogens is 2. The molecular formula is C21H20ClN3O3. The normalized spacial score (nSPS) is 15.9. The van der Waals surface area contributed by atoms with E-state index in [1.807, 2.05) is 19.1 Å². The molecule has 1 aliphatic rings. The number of hydrogen-bond acceptors (Lipinski definition) is 4. The van der Waals surface area contributed by atoms with Gasteiger partial charge in [0, 0.05) is 24.2 Å². The maximum atomic E-state index is 12.9. The molecule has 7 heteroatoms. The molecular weight excluding hydrogens is 378 g/mol. The van der Waals surface area contributed by atoms with E-state index >= 15 is 0 Å². The van der Waals surface area contributed by atoms with E-state index in [1.54, 1.807) is 12.1 Å². The predicted octanol–water partition coefficient (Wildman–Crippen LogP) is 3.83. The number of nitrogens with one attached hydrogen (secondary N) is 1. The summed E-state index contributed by atoms with van der Waals surface area (Å²) in [5, 5.41) is 3.25. The molecule has 2 heterocycles. The Hall–Kier alpha value is -2.86. The van der Waals surface area contributed by atoms with Crippen LogP contribution in [0.3, 0.4) is 0 Å². The fourth-order valence-corrected chi connectivity index (χ4v) is 3.80. The maximum absolute atomic E-state index is 12.9. The number of ether oxygens (including phenoxy) is 1. The summed E-state index contributed by atoms with van der Waals surface area (Å²) in [6, 6.07) is 8.72. The molecule has 1 N–H and O–H groups in total. The van der Waals surface area contributed by atoms with Gasteiger partial charge >= 0.3 is 5.97 Å². The van der Waals surface area contributed by atoms with Crippen LogP contribution in [0.1, 0.15) is 33.7 Å². The highest BCUT2D eigenvalue weighted by atomic mass is 35.5. The molecule has 2 aromatic heterocycles. The highest BCUT2D eigenvalue weighted by Gasteiger charge is 2.28. The average Bonchev–Trinajstić information content (AvgIpc) is 3.06. The Balaban J connectivity index is 1.57. The van der Waals surface area contributed by atoms with Gasteiger partial charge in [-0.3, -0.25) is 4.79 Å². The van der Waals surface area contributed by atoms with Gasteiger partial charge in [-0.25, -0.2) is 9.78 Å². The van der Waals surface area contributed by atoms with E-state index in [-0.39, 0.29) is 11.8 Å². The van der Waals surface area contributed by atoms with Gasteiger partial charge in [0.1, 0.15) is 5.65 Å². The van der Waals surface area contributed by atoms with E-state index in [9.17, 15) is 9.59 Å². The topological polar surface area (TPSA) is 72.7 Å². The van der Waals surface area contributed by atoms with E-state index in [0.29, 0.717) is 22.7 Å². The van der Waals surface area contributed by atoms with Crippen molar-refractivity contribution in [1.82, 2.24) is 9.38 Å². The lowest BCUT2D eigenvalue weighted by Crippen LogP contribution is -2.28. The van der Waals surface area contributed by atoms with Crippen molar-refractivity contribution < 1.29 is 14.3 Å². The zero-order chi connectivity index (χ0) is 19.8. The molecule has 0 bridgehead atoms. The Morgan fingerprint density at radius 2 is 2.11 bits per heavy atom. The molecule has 1 atom stereocenters. The number of carbonyl (C=O) groups is 2. The number of esters is 1. The molecule has 1 aliphatic carbocycles. The van der Waals surface area contributed by atoms with Crippen LogP contribution in [0.5, 0.6) is 0 Å². The zero-order valence-electron chi connectivity index (χ0n) is 15.7. The van der Waals surface area contributed by atoms with E-state index in [2.05, 4.69) is 20.9 Å². The Morgan fingerprint density at radius 3 is 2.89 bits per heavy atom. The molecule has 0 saturated carbocycles. The number of benzene rings is 1. The molecule has 0 fully saturated rings. The second-order valence-corrected chi connectivity index (χ2v) is 7.46. The number of anilines is 1. The molecule has 0 aliphatic heterocycles. The van der Waals surface area contributed by atoms with Gasteiger partial charge in [-0.05, 0) is 49.6 Å². The lowest BCUT2D eigenvalue weighted by molar-refractivity contribution is -0.120. The van der Waals surface area contributed by atoms with Crippen LogP contribution >= 0.6 is 11.6 Å². The van der Waals surface area contributed by atoms with Crippen LogP contribution in [0.2, 0.25) is 5.02 Å². The molecule has 144 valence electrons. The lowest BCUT2D eigenvalue weighted by atomic mass is 9.89. The Bertz CT molecular complexity index is 1090. The van der Waals surface area contributed by atoms with Crippen molar-refractivity contribution >= 4 is 34.8 Å². The first kappa shape index (κ1) is 18.5. The fourth-order valence-electron chi connectivity index (χ4n) is 3.64. The summed E-state index contributed by atoms with van der Waals surface area (Å²) in [5.41, 5.74) is 4.94. The van der Waals surface area contributed by atoms with Gasteiger partial charge in [-0.1, -0.05) is 17.7 Å². The number of nitrogens with zero attached hydrogens (tertiary/aromatic N) is 2. The summed E-state index contributed by atoms with van der Waals surface area (Å²) in [5.74, 6) is -0.779. The molecule has 1 aromatic carbocycles. The van der Waals surface area contributed by atoms with Crippen LogP contribution in [0.15, 0.2) is 36.5 Å². The van der Waals surface area contributed by atoms with Gasteiger partial charge in [0.15, 0.2) is 0 Å². The summed E-state index contributed by atoms with van der Waals surface area (Å²) >= 11 is 6.21. The summed E-state index contributed by atoms with van der Waals surface area (Å²) in [7, 11) is 1.31. The smallest absolute Gasteiger partial charge is 0.337 e. The number of fused-ring (bicyclic) bond motifs is 3. The molecule has 6 nitrogen and oxygen atoms in total. The molecule has 0 radical (unpaired) electrons. The van der Waals surface area contributed by atoms with E-state index in [1.165, 1.54) is 13.2 Å². The van der Waals surface area contributed by atoms with Crippen LogP contribution in [0.25, 0.3) is 5.65 Å². The number of halogens is 1. The number of aryl methyl sites for hydroxylation is 2. The summed E-state index contributed by atoms with van der Waals surface area (Å²) in [6.07, 6.45) is 4.14. The lowest BCUT2D eigenvalue weighted by Gasteiger charge is -2.22. The molecule has 0 spiro atoms. The largest absolute Gasteiger partial charge is 0.465 e. The second kappa shape index (κ2) is 7.28. The van der Waals surface area contributed by atoms with Crippen molar-refractivity contribution in [2.45, 2.75) is 26.2 Å². The van der Waals surface area contributed by atoms with Crippen molar-refractivity contribution in [2.24, 2.45) is 5.92 Å². The number of hydrogen-bond donors (Lipinski definition) is 1. The van der Waals surface area contributed by atoms with Crippen LogP contribution < -0.4 is 5.32 Å². The molecule has 3 aromatic rings. The van der Waals surface area contributed by atoms with Gasteiger partial charge in [-0.2, -0.15) is 0 Å². The number of amides is 1. The van der Waals surface area contributed by atoms with Crippen molar-refractivity contribution in [3.8, 4) is 0 Å². The first-order valence-corrected chi connectivity index (χ1v) is 9.49. The van der Waals surface area contributed by atoms with E-state index in [0.717, 1.165) is 35.4 Å². The minimum atomic E-state index is -0.476. The Labute approximate surface area is 167 Å². The van der Waals surface area contributed by atoms with Crippen LogP contribution in [0.4, 0.5) is 5.69 Å². The third kappa shape index (κ3) is 3.36. The number of methoxy groups -OCH3 is 1. The van der Waals surface area contributed by atoms with Crippen molar-refractivity contribution in [2.75, 3.05) is 12.4 Å². The monoisotopic (exact) mass is 397 g/mol. The summed E-state index contributed by atoms with van der Waals surface area (Å²) < 4.78 is 6.81. The van der Waals surface area contributed by atoms with Crippen LogP contribution in [0, 0.1) is 12.8 Å². The van der Waals surface area contributed by atoms with Gasteiger partial charge in [0.25, 0.3) is 0 Å². The average molecular weight is 398 g/mol. The second-order valence-electron chi connectivity index (χ2n) is 7.06. The third-order valence-corrected chi connectivity index (χ3v) is 5.46. The maximum Gasteiger partial charge on any atom is 0.337 e. The van der Waals surface area contributed by atoms with Gasteiger partial charge in [0.2, 0.25) is 5.91 Å². The standard InChI is InChI=1S/C21H20ClN3O3/c1-12-3-8-19-23-16-7-5-13(10-18(16)25(19)11-12)20(26)24-17-9-14(21(27)28-2)4-6-15(17)22/h3-4,6,8-9,11,13H,5,7,10H2,1-2H3,(H,24,26). The first-order valence-electron chi connectivity index (χ1n) is 9.11. The highest BCUT2D eigenvalue weighted by molar-refractivity contribution is 6.33. The minimum absolute atomic E-state index is 0.114. The Morgan fingerprint density at radius 1 is 1.29 bits per heavy atom. The number of imidazole rings is 1. The fraction of sp³-hybridized carbons (Fsp3) is 0.286. The number of pyridine rings is 1.